The lowest BCUT2D eigenvalue weighted by Crippen LogP contribution is -2.20. The zero-order valence-corrected chi connectivity index (χ0v) is 20.3. The van der Waals surface area contributed by atoms with Crippen molar-refractivity contribution in [3.05, 3.63) is 57.6 Å². The molecule has 0 aromatic heterocycles. The summed E-state index contributed by atoms with van der Waals surface area (Å²) in [6.45, 7) is 22.7. The van der Waals surface area contributed by atoms with E-state index in [2.05, 4.69) is 119 Å². The number of aryl methyl sites for hydroxylation is 2. The summed E-state index contributed by atoms with van der Waals surface area (Å²) in [6.07, 6.45) is 0. The van der Waals surface area contributed by atoms with Gasteiger partial charge in [0, 0.05) is 0 Å². The van der Waals surface area contributed by atoms with Gasteiger partial charge in [0.2, 0.25) is 0 Å². The average Bonchev–Trinajstić information content (AvgIpc) is 2.50. The van der Waals surface area contributed by atoms with Crippen molar-refractivity contribution in [3.8, 4) is 0 Å². The number of halogens is 1. The van der Waals surface area contributed by atoms with Gasteiger partial charge in [0.25, 0.3) is 0 Å². The highest BCUT2D eigenvalue weighted by atomic mass is 127. The van der Waals surface area contributed by atoms with Crippen LogP contribution < -0.4 is 3.11 Å². The number of benzene rings is 2. The molecule has 0 aliphatic rings. The normalized spacial score (nSPS) is 12.4. The van der Waals surface area contributed by atoms with Crippen molar-refractivity contribution in [1.29, 1.82) is 0 Å². The summed E-state index contributed by atoms with van der Waals surface area (Å²) in [4.78, 5) is 0. The first-order valence-corrected chi connectivity index (χ1v) is 10.4. The molecule has 142 valence electrons. The molecule has 0 saturated heterocycles. The third-order valence-corrected chi connectivity index (χ3v) is 6.40. The first-order valence-electron chi connectivity index (χ1n) is 9.43. The Balaban J connectivity index is 2.71. The number of rotatable bonds is 2. The number of hydrogen-bond acceptors (Lipinski definition) is 1. The van der Waals surface area contributed by atoms with Gasteiger partial charge in [-0.2, -0.15) is 0 Å². The Hall–Kier alpha value is -1.03. The lowest BCUT2D eigenvalue weighted by molar-refractivity contribution is 0.569. The predicted molar refractivity (Wildman–Crippen MR) is 125 cm³/mol. The highest BCUT2D eigenvalue weighted by Gasteiger charge is 2.26. The molecule has 0 amide bonds. The van der Waals surface area contributed by atoms with Crippen LogP contribution in [0.5, 0.6) is 0 Å². The molecule has 0 fully saturated rings. The molecular weight excluding hydrogens is 429 g/mol. The second-order valence-electron chi connectivity index (χ2n) is 9.62. The van der Waals surface area contributed by atoms with E-state index in [1.807, 2.05) is 0 Å². The van der Waals surface area contributed by atoms with Gasteiger partial charge < -0.3 is 0 Å². The fourth-order valence-corrected chi connectivity index (χ4v) is 4.63. The molecule has 0 aliphatic heterocycles. The van der Waals surface area contributed by atoms with E-state index in [1.54, 1.807) is 0 Å². The van der Waals surface area contributed by atoms with E-state index in [4.69, 9.17) is 0 Å². The topological polar surface area (TPSA) is 3.24 Å². The summed E-state index contributed by atoms with van der Waals surface area (Å²) in [5.41, 5.74) is 11.1. The summed E-state index contributed by atoms with van der Waals surface area (Å²) in [6, 6.07) is 9.32. The Bertz CT molecular complexity index is 820. The zero-order chi connectivity index (χ0) is 20.0. The minimum absolute atomic E-state index is 0.0849. The Morgan fingerprint density at radius 3 is 1.81 bits per heavy atom. The zero-order valence-electron chi connectivity index (χ0n) is 18.1. The van der Waals surface area contributed by atoms with Crippen LogP contribution in [-0.2, 0) is 10.8 Å². The molecule has 0 radical (unpaired) electrons. The fourth-order valence-electron chi connectivity index (χ4n) is 3.47. The SMILES string of the molecule is Cc1cc(C)c(N(I)c2ccc(C(C)(C)C)cc2C(C)(C)C)c(C)c1C. The first kappa shape index (κ1) is 21.3. The van der Waals surface area contributed by atoms with Crippen LogP contribution in [0.15, 0.2) is 24.3 Å². The lowest BCUT2D eigenvalue weighted by Gasteiger charge is -2.32. The van der Waals surface area contributed by atoms with E-state index in [1.165, 1.54) is 44.8 Å². The number of anilines is 2. The summed E-state index contributed by atoms with van der Waals surface area (Å²) < 4.78 is 2.36. The minimum atomic E-state index is 0.0849. The highest BCUT2D eigenvalue weighted by molar-refractivity contribution is 14.1. The van der Waals surface area contributed by atoms with Crippen LogP contribution in [0.3, 0.4) is 0 Å². The van der Waals surface area contributed by atoms with E-state index >= 15 is 0 Å². The Morgan fingerprint density at radius 2 is 1.31 bits per heavy atom. The highest BCUT2D eigenvalue weighted by Crippen LogP contribution is 2.43. The molecule has 0 bridgehead atoms. The fraction of sp³-hybridized carbons (Fsp3) is 0.500. The van der Waals surface area contributed by atoms with Crippen molar-refractivity contribution in [3.63, 3.8) is 0 Å². The molecule has 1 nitrogen and oxygen atoms in total. The van der Waals surface area contributed by atoms with Crippen molar-refractivity contribution in [1.82, 2.24) is 0 Å². The van der Waals surface area contributed by atoms with Crippen LogP contribution in [0, 0.1) is 27.7 Å². The summed E-state index contributed by atoms with van der Waals surface area (Å²) >= 11 is 2.48. The monoisotopic (exact) mass is 463 g/mol. The van der Waals surface area contributed by atoms with Gasteiger partial charge >= 0.3 is 0 Å². The standard InChI is InChI=1S/C24H34IN/c1-15-13-16(2)22(18(4)17(15)3)26(25)21-12-11-19(23(5,6)7)14-20(21)24(8,9)10/h11-14H,1-10H3. The van der Waals surface area contributed by atoms with Gasteiger partial charge in [-0.15, -0.1) is 0 Å². The van der Waals surface area contributed by atoms with Gasteiger partial charge in [-0.3, -0.25) is 3.11 Å². The van der Waals surface area contributed by atoms with Crippen LogP contribution in [-0.4, -0.2) is 0 Å². The second-order valence-corrected chi connectivity index (χ2v) is 10.6. The van der Waals surface area contributed by atoms with Crippen LogP contribution in [0.4, 0.5) is 11.4 Å². The molecule has 0 unspecified atom stereocenters. The van der Waals surface area contributed by atoms with Crippen molar-refractivity contribution in [2.45, 2.75) is 80.1 Å². The first-order chi connectivity index (χ1) is 11.7. The van der Waals surface area contributed by atoms with Crippen molar-refractivity contribution in [2.24, 2.45) is 0 Å². The third-order valence-electron chi connectivity index (χ3n) is 5.39. The van der Waals surface area contributed by atoms with Gasteiger partial charge in [-0.1, -0.05) is 59.7 Å². The molecule has 0 spiro atoms. The molecule has 2 aromatic carbocycles. The largest absolute Gasteiger partial charge is 0.282 e. The predicted octanol–water partition coefficient (Wildman–Crippen LogP) is 8.00. The van der Waals surface area contributed by atoms with Crippen molar-refractivity contribution >= 4 is 34.2 Å². The van der Waals surface area contributed by atoms with E-state index in [0.29, 0.717) is 0 Å². The van der Waals surface area contributed by atoms with Gasteiger partial charge in [0.1, 0.15) is 0 Å². The minimum Gasteiger partial charge on any atom is -0.282 e. The van der Waals surface area contributed by atoms with Crippen molar-refractivity contribution in [2.75, 3.05) is 3.11 Å². The van der Waals surface area contributed by atoms with E-state index in [9.17, 15) is 0 Å². The number of hydrogen-bond donors (Lipinski definition) is 0. The van der Waals surface area contributed by atoms with Gasteiger partial charge in [0.05, 0.1) is 34.2 Å². The maximum absolute atomic E-state index is 2.48. The Labute approximate surface area is 174 Å². The van der Waals surface area contributed by atoms with Crippen molar-refractivity contribution < 1.29 is 0 Å². The van der Waals surface area contributed by atoms with E-state index < -0.39 is 0 Å². The number of nitrogens with zero attached hydrogens (tertiary/aromatic N) is 1. The Morgan fingerprint density at radius 1 is 0.731 bits per heavy atom. The molecule has 0 saturated carbocycles. The quantitative estimate of drug-likeness (QED) is 0.322. The average molecular weight is 463 g/mol. The maximum atomic E-state index is 2.48. The third kappa shape index (κ3) is 4.11. The molecule has 0 aliphatic carbocycles. The summed E-state index contributed by atoms with van der Waals surface area (Å²) in [5, 5.41) is 0. The lowest BCUT2D eigenvalue weighted by atomic mass is 9.80. The molecule has 2 rings (SSSR count). The second kappa shape index (κ2) is 7.18. The van der Waals surface area contributed by atoms with Crippen LogP contribution in [0.1, 0.15) is 74.9 Å². The van der Waals surface area contributed by atoms with Gasteiger partial charge in [0.15, 0.2) is 0 Å². The van der Waals surface area contributed by atoms with E-state index in [0.717, 1.165) is 0 Å². The van der Waals surface area contributed by atoms with Gasteiger partial charge in [-0.25, -0.2) is 0 Å². The van der Waals surface area contributed by atoms with Crippen LogP contribution >= 0.6 is 22.9 Å². The van der Waals surface area contributed by atoms with E-state index in [-0.39, 0.29) is 10.8 Å². The Kier molecular flexibility index (Phi) is 5.87. The molecule has 26 heavy (non-hydrogen) atoms. The van der Waals surface area contributed by atoms with Gasteiger partial charge in [-0.05, 0) is 78.0 Å². The molecule has 2 aromatic rings. The molecule has 2 heteroatoms. The molecule has 0 N–H and O–H groups in total. The molecule has 0 heterocycles. The van der Waals surface area contributed by atoms with Crippen LogP contribution in [0.2, 0.25) is 0 Å². The smallest absolute Gasteiger partial charge is 0.0646 e. The van der Waals surface area contributed by atoms with Crippen LogP contribution in [0.25, 0.3) is 0 Å². The maximum Gasteiger partial charge on any atom is 0.0646 e. The summed E-state index contributed by atoms with van der Waals surface area (Å²) in [7, 11) is 0. The molecule has 0 atom stereocenters. The molecular formula is C24H34IN. The summed E-state index contributed by atoms with van der Waals surface area (Å²) in [5.74, 6) is 0.